The Kier molecular flexibility index (Phi) is 6.62. The number of hydrogen-bond acceptors (Lipinski definition) is 3. The normalized spacial score (nSPS) is 11.1. The first-order chi connectivity index (χ1) is 11.2. The molecule has 0 unspecified atom stereocenters. The maximum Gasteiger partial charge on any atom is 0.251 e. The topological polar surface area (TPSA) is 65.5 Å². The van der Waals surface area contributed by atoms with E-state index in [4.69, 9.17) is 0 Å². The molecule has 0 fully saturated rings. The molecule has 0 saturated carbocycles. The number of guanidine groups is 1. The third-order valence-corrected chi connectivity index (χ3v) is 3.95. The van der Waals surface area contributed by atoms with Gasteiger partial charge in [-0.05, 0) is 47.0 Å². The van der Waals surface area contributed by atoms with Crippen molar-refractivity contribution in [3.63, 3.8) is 0 Å². The van der Waals surface area contributed by atoms with Crippen LogP contribution in [0.25, 0.3) is 0 Å². The number of benzene rings is 1. The lowest BCUT2D eigenvalue weighted by Crippen LogP contribution is -2.36. The van der Waals surface area contributed by atoms with Gasteiger partial charge in [0.2, 0.25) is 0 Å². The third-order valence-electron chi connectivity index (χ3n) is 3.22. The average Bonchev–Trinajstić information content (AvgIpc) is 3.10. The fourth-order valence-corrected chi connectivity index (χ4v) is 2.71. The first kappa shape index (κ1) is 17.0. The summed E-state index contributed by atoms with van der Waals surface area (Å²) in [6.45, 7) is 4.10. The molecule has 0 atom stereocenters. The van der Waals surface area contributed by atoms with E-state index in [1.807, 2.05) is 25.1 Å². The van der Waals surface area contributed by atoms with E-state index in [0.29, 0.717) is 18.7 Å². The zero-order valence-electron chi connectivity index (χ0n) is 13.4. The van der Waals surface area contributed by atoms with Gasteiger partial charge in [-0.25, -0.2) is 4.99 Å². The van der Waals surface area contributed by atoms with Crippen molar-refractivity contribution in [1.29, 1.82) is 0 Å². The van der Waals surface area contributed by atoms with Gasteiger partial charge in [-0.3, -0.25) is 4.79 Å². The second kappa shape index (κ2) is 8.95. The Morgan fingerprint density at radius 3 is 2.78 bits per heavy atom. The van der Waals surface area contributed by atoms with Crippen LogP contribution in [-0.2, 0) is 13.1 Å². The summed E-state index contributed by atoms with van der Waals surface area (Å²) in [5, 5.41) is 13.3. The molecule has 0 spiro atoms. The highest BCUT2D eigenvalue weighted by molar-refractivity contribution is 7.07. The predicted octanol–water partition coefficient (Wildman–Crippen LogP) is 2.36. The number of nitrogens with one attached hydrogen (secondary N) is 3. The van der Waals surface area contributed by atoms with Gasteiger partial charge in [0.25, 0.3) is 5.91 Å². The van der Waals surface area contributed by atoms with Gasteiger partial charge in [0.05, 0.1) is 6.54 Å². The minimum Gasteiger partial charge on any atom is -0.357 e. The first-order valence-corrected chi connectivity index (χ1v) is 8.51. The Hall–Kier alpha value is -2.34. The van der Waals surface area contributed by atoms with E-state index in [9.17, 15) is 4.79 Å². The minimum absolute atomic E-state index is 0.0788. The van der Waals surface area contributed by atoms with Gasteiger partial charge >= 0.3 is 0 Å². The molecule has 0 aliphatic rings. The fourth-order valence-electron chi connectivity index (χ4n) is 2.05. The molecule has 1 aromatic carbocycles. The Labute approximate surface area is 140 Å². The maximum atomic E-state index is 11.7. The SMILES string of the molecule is CCNC(=NCc1ccsc1)NCc1cccc(C(=O)NC)c1. The Balaban J connectivity index is 1.98. The van der Waals surface area contributed by atoms with Crippen LogP contribution in [0.3, 0.4) is 0 Å². The molecule has 0 aliphatic carbocycles. The van der Waals surface area contributed by atoms with Gasteiger partial charge in [0.1, 0.15) is 0 Å². The van der Waals surface area contributed by atoms with Crippen LogP contribution < -0.4 is 16.0 Å². The monoisotopic (exact) mass is 330 g/mol. The summed E-state index contributed by atoms with van der Waals surface area (Å²) < 4.78 is 0. The van der Waals surface area contributed by atoms with E-state index < -0.39 is 0 Å². The van der Waals surface area contributed by atoms with Crippen molar-refractivity contribution >= 4 is 23.2 Å². The van der Waals surface area contributed by atoms with Crippen molar-refractivity contribution in [3.8, 4) is 0 Å². The molecule has 2 aromatic rings. The number of nitrogens with zero attached hydrogens (tertiary/aromatic N) is 1. The second-order valence-corrected chi connectivity index (χ2v) is 5.74. The summed E-state index contributed by atoms with van der Waals surface area (Å²) in [4.78, 5) is 16.2. The molecule has 122 valence electrons. The molecule has 0 saturated heterocycles. The van der Waals surface area contributed by atoms with Crippen molar-refractivity contribution in [3.05, 3.63) is 57.8 Å². The maximum absolute atomic E-state index is 11.7. The number of aliphatic imine (C=N–C) groups is 1. The molecule has 0 bridgehead atoms. The number of carbonyl (C=O) groups is 1. The summed E-state index contributed by atoms with van der Waals surface area (Å²) in [6.07, 6.45) is 0. The van der Waals surface area contributed by atoms with E-state index in [0.717, 1.165) is 18.1 Å². The molecule has 1 amide bonds. The van der Waals surface area contributed by atoms with Crippen LogP contribution >= 0.6 is 11.3 Å². The molecule has 3 N–H and O–H groups in total. The summed E-state index contributed by atoms with van der Waals surface area (Å²) in [7, 11) is 1.63. The van der Waals surface area contributed by atoms with Crippen LogP contribution in [0.5, 0.6) is 0 Å². The second-order valence-electron chi connectivity index (χ2n) is 4.96. The quantitative estimate of drug-likeness (QED) is 0.563. The van der Waals surface area contributed by atoms with Gasteiger partial charge in [-0.15, -0.1) is 0 Å². The van der Waals surface area contributed by atoms with Crippen LogP contribution in [0.4, 0.5) is 0 Å². The molecule has 5 nitrogen and oxygen atoms in total. The molecule has 6 heteroatoms. The molecule has 0 radical (unpaired) electrons. The molecule has 23 heavy (non-hydrogen) atoms. The molecule has 1 aromatic heterocycles. The van der Waals surface area contributed by atoms with Crippen LogP contribution in [0.15, 0.2) is 46.1 Å². The van der Waals surface area contributed by atoms with Gasteiger partial charge in [-0.2, -0.15) is 11.3 Å². The van der Waals surface area contributed by atoms with Crippen molar-refractivity contribution in [2.24, 2.45) is 4.99 Å². The van der Waals surface area contributed by atoms with Crippen LogP contribution in [0.1, 0.15) is 28.4 Å². The van der Waals surface area contributed by atoms with Gasteiger partial charge < -0.3 is 16.0 Å². The highest BCUT2D eigenvalue weighted by Gasteiger charge is 2.04. The van der Waals surface area contributed by atoms with Crippen molar-refractivity contribution in [2.75, 3.05) is 13.6 Å². The summed E-state index contributed by atoms with van der Waals surface area (Å²) in [5.41, 5.74) is 2.90. The number of thiophene rings is 1. The van der Waals surface area contributed by atoms with Crippen molar-refractivity contribution in [2.45, 2.75) is 20.0 Å². The molecule has 1 heterocycles. The molecular formula is C17H22N4OS. The Morgan fingerprint density at radius 2 is 2.09 bits per heavy atom. The lowest BCUT2D eigenvalue weighted by Gasteiger charge is -2.12. The van der Waals surface area contributed by atoms with E-state index in [1.54, 1.807) is 24.5 Å². The molecule has 2 rings (SSSR count). The number of carbonyl (C=O) groups excluding carboxylic acids is 1. The zero-order chi connectivity index (χ0) is 16.5. The van der Waals surface area contributed by atoms with Crippen LogP contribution in [-0.4, -0.2) is 25.5 Å². The van der Waals surface area contributed by atoms with Gasteiger partial charge in [-0.1, -0.05) is 12.1 Å². The largest absolute Gasteiger partial charge is 0.357 e. The van der Waals surface area contributed by atoms with Gasteiger partial charge in [0.15, 0.2) is 5.96 Å². The summed E-state index contributed by atoms with van der Waals surface area (Å²) in [5.74, 6) is 0.689. The summed E-state index contributed by atoms with van der Waals surface area (Å²) >= 11 is 1.67. The lowest BCUT2D eigenvalue weighted by atomic mass is 10.1. The van der Waals surface area contributed by atoms with Crippen molar-refractivity contribution < 1.29 is 4.79 Å². The van der Waals surface area contributed by atoms with Crippen LogP contribution in [0.2, 0.25) is 0 Å². The standard InChI is InChI=1S/C17H22N4OS/c1-3-19-17(21-11-14-7-8-23-12-14)20-10-13-5-4-6-15(9-13)16(22)18-2/h4-9,12H,3,10-11H2,1-2H3,(H,18,22)(H2,19,20,21). The van der Waals surface area contributed by atoms with E-state index >= 15 is 0 Å². The Bertz CT molecular complexity index is 652. The Morgan fingerprint density at radius 1 is 1.22 bits per heavy atom. The molecule has 0 aliphatic heterocycles. The zero-order valence-corrected chi connectivity index (χ0v) is 14.2. The van der Waals surface area contributed by atoms with E-state index in [-0.39, 0.29) is 5.91 Å². The van der Waals surface area contributed by atoms with Crippen LogP contribution in [0, 0.1) is 0 Å². The minimum atomic E-state index is -0.0788. The van der Waals surface area contributed by atoms with E-state index in [1.165, 1.54) is 5.56 Å². The molecular weight excluding hydrogens is 308 g/mol. The first-order valence-electron chi connectivity index (χ1n) is 7.57. The van der Waals surface area contributed by atoms with Crippen molar-refractivity contribution in [1.82, 2.24) is 16.0 Å². The lowest BCUT2D eigenvalue weighted by molar-refractivity contribution is 0.0963. The van der Waals surface area contributed by atoms with Gasteiger partial charge in [0, 0.05) is 25.7 Å². The smallest absolute Gasteiger partial charge is 0.251 e. The highest BCUT2D eigenvalue weighted by atomic mass is 32.1. The number of amides is 1. The number of rotatable bonds is 6. The highest BCUT2D eigenvalue weighted by Crippen LogP contribution is 2.07. The van der Waals surface area contributed by atoms with E-state index in [2.05, 4.69) is 37.8 Å². The fraction of sp³-hybridized carbons (Fsp3) is 0.294. The summed E-state index contributed by atoms with van der Waals surface area (Å²) in [6, 6.07) is 9.63. The average molecular weight is 330 g/mol. The number of hydrogen-bond donors (Lipinski definition) is 3. The predicted molar refractivity (Wildman–Crippen MR) is 95.8 cm³/mol. The third kappa shape index (κ3) is 5.41.